The van der Waals surface area contributed by atoms with Gasteiger partial charge in [-0.2, -0.15) is 5.10 Å². The quantitative estimate of drug-likeness (QED) is 0.771. The highest BCUT2D eigenvalue weighted by Gasteiger charge is 2.20. The fourth-order valence-corrected chi connectivity index (χ4v) is 3.63. The van der Waals surface area contributed by atoms with Gasteiger partial charge >= 0.3 is 0 Å². The lowest BCUT2D eigenvalue weighted by Crippen LogP contribution is -2.19. The first kappa shape index (κ1) is 13.8. The maximum absolute atomic E-state index is 5.86. The summed E-state index contributed by atoms with van der Waals surface area (Å²) in [6, 6.07) is 2.21. The van der Waals surface area contributed by atoms with E-state index in [1.54, 1.807) is 0 Å². The van der Waals surface area contributed by atoms with Crippen LogP contribution in [0.2, 0.25) is 0 Å². The molecule has 106 valence electrons. The van der Waals surface area contributed by atoms with Crippen LogP contribution >= 0.6 is 15.9 Å². The molecule has 1 aromatic heterocycles. The second kappa shape index (κ2) is 5.70. The van der Waals surface area contributed by atoms with Crippen molar-refractivity contribution in [3.8, 4) is 0 Å². The second-order valence-corrected chi connectivity index (χ2v) is 6.11. The van der Waals surface area contributed by atoms with Crippen LogP contribution in [0.1, 0.15) is 36.6 Å². The molecule has 1 unspecified atom stereocenters. The minimum absolute atomic E-state index is 0.0813. The third-order valence-corrected chi connectivity index (χ3v) is 4.85. The van der Waals surface area contributed by atoms with Crippen LogP contribution < -0.4 is 0 Å². The van der Waals surface area contributed by atoms with Gasteiger partial charge in [0.25, 0.3) is 0 Å². The maximum Gasteiger partial charge on any atom is 0.150 e. The van der Waals surface area contributed by atoms with Crippen molar-refractivity contribution in [1.29, 1.82) is 0 Å². The molecule has 1 aliphatic heterocycles. The van der Waals surface area contributed by atoms with Gasteiger partial charge in [-0.1, -0.05) is 6.08 Å². The Hall–Kier alpha value is -1.13. The molecule has 0 N–H and O–H groups in total. The predicted molar refractivity (Wildman–Crippen MR) is 84.9 cm³/mol. The molecule has 0 aliphatic carbocycles. The van der Waals surface area contributed by atoms with Crippen LogP contribution in [-0.2, 0) is 11.2 Å². The normalized spacial score (nSPS) is 19.4. The minimum Gasteiger partial charge on any atom is -0.356 e. The van der Waals surface area contributed by atoms with Crippen molar-refractivity contribution in [2.75, 3.05) is 6.61 Å². The third-order valence-electron chi connectivity index (χ3n) is 3.94. The van der Waals surface area contributed by atoms with Crippen LogP contribution in [0.15, 0.2) is 29.4 Å². The molecule has 0 spiro atoms. The molecule has 20 heavy (non-hydrogen) atoms. The van der Waals surface area contributed by atoms with Gasteiger partial charge in [-0.15, -0.1) is 6.58 Å². The van der Waals surface area contributed by atoms with E-state index in [0.29, 0.717) is 0 Å². The molecule has 0 saturated carbocycles. The van der Waals surface area contributed by atoms with Crippen LogP contribution in [0.5, 0.6) is 0 Å². The lowest BCUT2D eigenvalue weighted by Gasteiger charge is -2.23. The molecule has 0 amide bonds. The highest BCUT2D eigenvalue weighted by Crippen LogP contribution is 2.34. The molecule has 4 heteroatoms. The van der Waals surface area contributed by atoms with Crippen molar-refractivity contribution in [2.45, 2.75) is 38.8 Å². The van der Waals surface area contributed by atoms with Gasteiger partial charge in [0.15, 0.2) is 6.23 Å². The van der Waals surface area contributed by atoms with Gasteiger partial charge in [-0.25, -0.2) is 4.68 Å². The van der Waals surface area contributed by atoms with Crippen LogP contribution in [0, 0.1) is 6.92 Å². The number of halogens is 1. The first-order valence-electron chi connectivity index (χ1n) is 7.10. The van der Waals surface area contributed by atoms with E-state index in [4.69, 9.17) is 4.74 Å². The van der Waals surface area contributed by atoms with Gasteiger partial charge in [0.05, 0.1) is 11.7 Å². The first-order valence-corrected chi connectivity index (χ1v) is 7.89. The van der Waals surface area contributed by atoms with E-state index in [1.807, 2.05) is 17.0 Å². The van der Waals surface area contributed by atoms with Crippen molar-refractivity contribution in [2.24, 2.45) is 0 Å². The molecule has 2 aromatic rings. The van der Waals surface area contributed by atoms with E-state index >= 15 is 0 Å². The highest BCUT2D eigenvalue weighted by molar-refractivity contribution is 9.10. The monoisotopic (exact) mass is 334 g/mol. The number of hydrogen-bond donors (Lipinski definition) is 0. The molecular weight excluding hydrogens is 316 g/mol. The summed E-state index contributed by atoms with van der Waals surface area (Å²) >= 11 is 3.73. The Kier molecular flexibility index (Phi) is 3.94. The van der Waals surface area contributed by atoms with Crippen molar-refractivity contribution >= 4 is 26.8 Å². The van der Waals surface area contributed by atoms with E-state index in [1.165, 1.54) is 17.5 Å². The predicted octanol–water partition coefficient (Wildman–Crippen LogP) is 4.53. The number of ether oxygens (including phenoxy) is 1. The Bertz CT molecular complexity index is 641. The SMILES string of the molecule is C=CCc1c(C)cc2c(cnn2C2CCCCO2)c1Br. The van der Waals surface area contributed by atoms with E-state index < -0.39 is 0 Å². The van der Waals surface area contributed by atoms with E-state index in [-0.39, 0.29) is 6.23 Å². The topological polar surface area (TPSA) is 27.1 Å². The average Bonchev–Trinajstić information content (AvgIpc) is 2.88. The zero-order chi connectivity index (χ0) is 14.1. The lowest BCUT2D eigenvalue weighted by molar-refractivity contribution is -0.0366. The fraction of sp³-hybridized carbons (Fsp3) is 0.438. The molecule has 1 saturated heterocycles. The standard InChI is InChI=1S/C16H19BrN2O/c1-3-6-12-11(2)9-14-13(16(12)17)10-18-19(14)15-7-4-5-8-20-15/h3,9-10,15H,1,4-8H2,2H3. The maximum atomic E-state index is 5.86. The van der Waals surface area contributed by atoms with Gasteiger partial charge in [0.2, 0.25) is 0 Å². The first-order chi connectivity index (χ1) is 9.72. The molecule has 0 bridgehead atoms. The van der Waals surface area contributed by atoms with E-state index in [9.17, 15) is 0 Å². The average molecular weight is 335 g/mol. The molecule has 1 aliphatic rings. The number of hydrogen-bond acceptors (Lipinski definition) is 2. The zero-order valence-electron chi connectivity index (χ0n) is 11.7. The van der Waals surface area contributed by atoms with Crippen LogP contribution in [-0.4, -0.2) is 16.4 Å². The molecule has 1 atom stereocenters. The van der Waals surface area contributed by atoms with Crippen LogP contribution in [0.4, 0.5) is 0 Å². The largest absolute Gasteiger partial charge is 0.356 e. The molecule has 1 aromatic carbocycles. The smallest absolute Gasteiger partial charge is 0.150 e. The molecule has 1 fully saturated rings. The van der Waals surface area contributed by atoms with E-state index in [2.05, 4.69) is 40.6 Å². The number of aromatic nitrogens is 2. The van der Waals surface area contributed by atoms with Gasteiger partial charge < -0.3 is 4.74 Å². The Morgan fingerprint density at radius 1 is 1.55 bits per heavy atom. The number of fused-ring (bicyclic) bond motifs is 1. The third kappa shape index (κ3) is 2.31. The molecular formula is C16H19BrN2O. The summed E-state index contributed by atoms with van der Waals surface area (Å²) in [4.78, 5) is 0. The molecule has 2 heterocycles. The molecule has 3 rings (SSSR count). The molecule has 3 nitrogen and oxygen atoms in total. The lowest BCUT2D eigenvalue weighted by atomic mass is 10.0. The summed E-state index contributed by atoms with van der Waals surface area (Å²) in [6.45, 7) is 6.81. The summed E-state index contributed by atoms with van der Waals surface area (Å²) in [6.07, 6.45) is 8.23. The van der Waals surface area contributed by atoms with Crippen molar-refractivity contribution in [1.82, 2.24) is 9.78 Å². The number of benzene rings is 1. The van der Waals surface area contributed by atoms with Gasteiger partial charge in [-0.05, 0) is 65.7 Å². The summed E-state index contributed by atoms with van der Waals surface area (Å²) in [5, 5.41) is 5.71. The van der Waals surface area contributed by atoms with Gasteiger partial charge in [0.1, 0.15) is 0 Å². The summed E-state index contributed by atoms with van der Waals surface area (Å²) < 4.78 is 9.02. The summed E-state index contributed by atoms with van der Waals surface area (Å²) in [5.41, 5.74) is 3.70. The molecule has 0 radical (unpaired) electrons. The Morgan fingerprint density at radius 2 is 2.40 bits per heavy atom. The van der Waals surface area contributed by atoms with Gasteiger partial charge in [-0.3, -0.25) is 0 Å². The number of allylic oxidation sites excluding steroid dienone is 1. The van der Waals surface area contributed by atoms with Crippen molar-refractivity contribution in [3.63, 3.8) is 0 Å². The van der Waals surface area contributed by atoms with E-state index in [0.717, 1.165) is 41.2 Å². The number of nitrogens with zero attached hydrogens (tertiary/aromatic N) is 2. The van der Waals surface area contributed by atoms with Crippen molar-refractivity contribution in [3.05, 3.63) is 40.5 Å². The Labute approximate surface area is 127 Å². The van der Waals surface area contributed by atoms with Crippen LogP contribution in [0.25, 0.3) is 10.9 Å². The zero-order valence-corrected chi connectivity index (χ0v) is 13.3. The number of aryl methyl sites for hydroxylation is 1. The summed E-state index contributed by atoms with van der Waals surface area (Å²) in [7, 11) is 0. The van der Waals surface area contributed by atoms with Gasteiger partial charge in [0, 0.05) is 16.5 Å². The van der Waals surface area contributed by atoms with Crippen LogP contribution in [0.3, 0.4) is 0 Å². The Balaban J connectivity index is 2.10. The second-order valence-electron chi connectivity index (χ2n) is 5.32. The summed E-state index contributed by atoms with van der Waals surface area (Å²) in [5.74, 6) is 0. The number of rotatable bonds is 3. The fourth-order valence-electron chi connectivity index (χ4n) is 2.85. The highest BCUT2D eigenvalue weighted by atomic mass is 79.9. The Morgan fingerprint density at radius 3 is 3.10 bits per heavy atom. The van der Waals surface area contributed by atoms with Crippen molar-refractivity contribution < 1.29 is 4.74 Å². The minimum atomic E-state index is 0.0813.